The molecule has 0 bridgehead atoms. The van der Waals surface area contributed by atoms with Gasteiger partial charge in [-0.1, -0.05) is 45.2 Å². The Bertz CT molecular complexity index is 377. The average molecular weight is 261 g/mol. The second-order valence-electron chi connectivity index (χ2n) is 4.55. The van der Waals surface area contributed by atoms with E-state index in [0.717, 1.165) is 6.42 Å². The zero-order valence-corrected chi connectivity index (χ0v) is 12.2. The quantitative estimate of drug-likeness (QED) is 0.668. The normalized spacial score (nSPS) is 12.2. The van der Waals surface area contributed by atoms with Crippen LogP contribution in [-0.2, 0) is 0 Å². The van der Waals surface area contributed by atoms with Gasteiger partial charge >= 0.3 is 0 Å². The standard InChI is InChI=1S/C15H21O2Si/c1-3-5-8-12(4-2)11-17-14-10-7-6-9-13(14)15(16)18/h6-7,9-10,12H,3-5,8,11H2,1-2H3. The molecule has 0 N–H and O–H groups in total. The van der Waals surface area contributed by atoms with Gasteiger partial charge in [0, 0.05) is 0 Å². The number of rotatable bonds is 8. The summed E-state index contributed by atoms with van der Waals surface area (Å²) in [5.41, 5.74) is 0.597. The molecule has 0 fully saturated rings. The Morgan fingerprint density at radius 1 is 1.33 bits per heavy atom. The van der Waals surface area contributed by atoms with Gasteiger partial charge in [0.25, 0.3) is 0 Å². The number of benzene rings is 1. The summed E-state index contributed by atoms with van der Waals surface area (Å²) in [7, 11) is 3.03. The number of hydrogen-bond acceptors (Lipinski definition) is 2. The molecule has 0 spiro atoms. The highest BCUT2D eigenvalue weighted by Gasteiger charge is 2.10. The molecule has 0 amide bonds. The lowest BCUT2D eigenvalue weighted by Gasteiger charge is -2.16. The van der Waals surface area contributed by atoms with Gasteiger partial charge in [-0.05, 0) is 24.5 Å². The van der Waals surface area contributed by atoms with Crippen molar-refractivity contribution in [2.45, 2.75) is 39.5 Å². The third-order valence-electron chi connectivity index (χ3n) is 3.15. The van der Waals surface area contributed by atoms with Crippen LogP contribution in [0.3, 0.4) is 0 Å². The Morgan fingerprint density at radius 3 is 2.67 bits per heavy atom. The first-order valence-electron chi connectivity index (χ1n) is 6.66. The molecule has 2 nitrogen and oxygen atoms in total. The summed E-state index contributed by atoms with van der Waals surface area (Å²) in [4.78, 5) is 11.4. The second-order valence-corrected chi connectivity index (χ2v) is 5.01. The van der Waals surface area contributed by atoms with E-state index < -0.39 is 0 Å². The molecule has 3 radical (unpaired) electrons. The molecule has 97 valence electrons. The van der Waals surface area contributed by atoms with Crippen LogP contribution >= 0.6 is 0 Å². The van der Waals surface area contributed by atoms with Crippen molar-refractivity contribution in [1.29, 1.82) is 0 Å². The highest BCUT2D eigenvalue weighted by Crippen LogP contribution is 2.20. The molecule has 1 rings (SSSR count). The molecule has 0 heterocycles. The molecule has 0 saturated carbocycles. The fourth-order valence-electron chi connectivity index (χ4n) is 1.89. The first-order valence-corrected chi connectivity index (χ1v) is 7.16. The number of ether oxygens (including phenoxy) is 1. The lowest BCUT2D eigenvalue weighted by atomic mass is 10.0. The molecule has 1 unspecified atom stereocenters. The highest BCUT2D eigenvalue weighted by molar-refractivity contribution is 6.62. The van der Waals surface area contributed by atoms with Crippen molar-refractivity contribution in [3.05, 3.63) is 29.8 Å². The van der Waals surface area contributed by atoms with Gasteiger partial charge < -0.3 is 9.53 Å². The van der Waals surface area contributed by atoms with E-state index in [9.17, 15) is 4.79 Å². The first-order chi connectivity index (χ1) is 8.69. The van der Waals surface area contributed by atoms with Crippen molar-refractivity contribution in [1.82, 2.24) is 0 Å². The molecule has 1 atom stereocenters. The predicted molar refractivity (Wildman–Crippen MR) is 75.3 cm³/mol. The van der Waals surface area contributed by atoms with Crippen molar-refractivity contribution in [3.8, 4) is 5.75 Å². The summed E-state index contributed by atoms with van der Waals surface area (Å²) >= 11 is 0. The zero-order chi connectivity index (χ0) is 13.4. The molecule has 0 aliphatic heterocycles. The van der Waals surface area contributed by atoms with E-state index in [1.165, 1.54) is 19.3 Å². The molecule has 0 saturated heterocycles. The van der Waals surface area contributed by atoms with Crippen LogP contribution in [0, 0.1) is 5.92 Å². The molecule has 3 heteroatoms. The van der Waals surface area contributed by atoms with Crippen LogP contribution in [0.2, 0.25) is 0 Å². The van der Waals surface area contributed by atoms with Gasteiger partial charge in [-0.3, -0.25) is 0 Å². The van der Waals surface area contributed by atoms with Crippen LogP contribution in [0.25, 0.3) is 0 Å². The third-order valence-corrected chi connectivity index (χ3v) is 3.42. The van der Waals surface area contributed by atoms with E-state index in [2.05, 4.69) is 24.1 Å². The number of hydrogen-bond donors (Lipinski definition) is 0. The van der Waals surface area contributed by atoms with Gasteiger partial charge in [0.05, 0.1) is 12.2 Å². The van der Waals surface area contributed by atoms with Crippen molar-refractivity contribution in [2.24, 2.45) is 5.92 Å². The Balaban J connectivity index is 2.59. The Kier molecular flexibility index (Phi) is 6.72. The number of para-hydroxylation sites is 1. The SMILES string of the molecule is CCCCC(CC)COc1ccccc1C(=O)[Si]. The minimum atomic E-state index is -0.132. The van der Waals surface area contributed by atoms with Crippen molar-refractivity contribution >= 4 is 15.6 Å². The largest absolute Gasteiger partial charge is 0.493 e. The van der Waals surface area contributed by atoms with Crippen LogP contribution in [0.15, 0.2) is 24.3 Å². The fourth-order valence-corrected chi connectivity index (χ4v) is 2.09. The van der Waals surface area contributed by atoms with Crippen LogP contribution in [0.5, 0.6) is 5.75 Å². The minimum absolute atomic E-state index is 0.132. The molecular formula is C15H21O2Si. The summed E-state index contributed by atoms with van der Waals surface area (Å²) in [6.07, 6.45) is 4.76. The Hall–Kier alpha value is -1.09. The maximum absolute atomic E-state index is 11.4. The molecule has 0 aromatic heterocycles. The van der Waals surface area contributed by atoms with Crippen molar-refractivity contribution in [3.63, 3.8) is 0 Å². The van der Waals surface area contributed by atoms with Crippen LogP contribution in [0.1, 0.15) is 49.9 Å². The molecular weight excluding hydrogens is 240 g/mol. The Labute approximate surface area is 113 Å². The van der Waals surface area contributed by atoms with E-state index in [1.54, 1.807) is 6.07 Å². The maximum atomic E-state index is 11.4. The monoisotopic (exact) mass is 261 g/mol. The Morgan fingerprint density at radius 2 is 2.06 bits per heavy atom. The number of carbonyl (C=O) groups is 1. The van der Waals surface area contributed by atoms with Gasteiger partial charge in [-0.25, -0.2) is 0 Å². The summed E-state index contributed by atoms with van der Waals surface area (Å²) in [6, 6.07) is 7.35. The summed E-state index contributed by atoms with van der Waals surface area (Å²) in [5.74, 6) is 1.25. The van der Waals surface area contributed by atoms with Crippen LogP contribution in [0.4, 0.5) is 0 Å². The summed E-state index contributed by atoms with van der Waals surface area (Å²) in [5, 5.41) is -0.132. The third kappa shape index (κ3) is 4.65. The maximum Gasteiger partial charge on any atom is 0.136 e. The van der Waals surface area contributed by atoms with Gasteiger partial charge in [0.2, 0.25) is 0 Å². The first kappa shape index (κ1) is 15.0. The summed E-state index contributed by atoms with van der Waals surface area (Å²) in [6.45, 7) is 5.07. The van der Waals surface area contributed by atoms with E-state index in [0.29, 0.717) is 23.8 Å². The van der Waals surface area contributed by atoms with Gasteiger partial charge in [-0.2, -0.15) is 0 Å². The van der Waals surface area contributed by atoms with E-state index in [4.69, 9.17) is 4.74 Å². The molecule has 0 aliphatic rings. The number of carbonyl (C=O) groups excluding carboxylic acids is 1. The van der Waals surface area contributed by atoms with Gasteiger partial charge in [-0.15, -0.1) is 0 Å². The molecule has 18 heavy (non-hydrogen) atoms. The van der Waals surface area contributed by atoms with Gasteiger partial charge in [0.15, 0.2) is 0 Å². The molecule has 0 aliphatic carbocycles. The molecule has 1 aromatic carbocycles. The second kappa shape index (κ2) is 8.09. The fraction of sp³-hybridized carbons (Fsp3) is 0.533. The summed E-state index contributed by atoms with van der Waals surface area (Å²) < 4.78 is 5.80. The lowest BCUT2D eigenvalue weighted by Crippen LogP contribution is -2.13. The van der Waals surface area contributed by atoms with Crippen LogP contribution < -0.4 is 4.74 Å². The zero-order valence-electron chi connectivity index (χ0n) is 11.2. The van der Waals surface area contributed by atoms with E-state index in [1.807, 2.05) is 18.2 Å². The topological polar surface area (TPSA) is 26.3 Å². The smallest absolute Gasteiger partial charge is 0.136 e. The average Bonchev–Trinajstić information content (AvgIpc) is 2.39. The number of unbranched alkanes of at least 4 members (excludes halogenated alkanes) is 1. The minimum Gasteiger partial charge on any atom is -0.493 e. The van der Waals surface area contributed by atoms with Crippen molar-refractivity contribution < 1.29 is 9.53 Å². The predicted octanol–water partition coefficient (Wildman–Crippen LogP) is 3.59. The van der Waals surface area contributed by atoms with E-state index >= 15 is 0 Å². The lowest BCUT2D eigenvalue weighted by molar-refractivity contribution is 0.107. The van der Waals surface area contributed by atoms with Crippen molar-refractivity contribution in [2.75, 3.05) is 6.61 Å². The van der Waals surface area contributed by atoms with E-state index in [-0.39, 0.29) is 5.41 Å². The van der Waals surface area contributed by atoms with Crippen LogP contribution in [-0.4, -0.2) is 22.3 Å². The molecule has 1 aromatic rings. The van der Waals surface area contributed by atoms with Gasteiger partial charge in [0.1, 0.15) is 21.4 Å². The highest BCUT2D eigenvalue weighted by atomic mass is 28.1.